The molecule has 0 amide bonds. The average molecular weight is 306 g/mol. The Bertz CT molecular complexity index is 549. The fourth-order valence-corrected chi connectivity index (χ4v) is 3.02. The topological polar surface area (TPSA) is 21.3 Å². The second kappa shape index (κ2) is 5.29. The molecule has 0 aromatic heterocycles. The maximum Gasteiger partial charge on any atom is 0.134 e. The molecule has 1 saturated heterocycles. The molecule has 2 nitrogen and oxygen atoms in total. The highest BCUT2D eigenvalue weighted by molar-refractivity contribution is 9.10. The van der Waals surface area contributed by atoms with Crippen molar-refractivity contribution in [2.75, 3.05) is 13.2 Å². The van der Waals surface area contributed by atoms with Crippen molar-refractivity contribution in [3.8, 4) is 5.75 Å². The summed E-state index contributed by atoms with van der Waals surface area (Å²) in [5.41, 5.74) is 0. The number of fused-ring (bicyclic) bond motifs is 1. The SMILES string of the molecule is Brc1c(OCC2CCCN2)ccc2ccccc12. The molecule has 0 aliphatic carbocycles. The molecule has 0 saturated carbocycles. The summed E-state index contributed by atoms with van der Waals surface area (Å²) >= 11 is 3.65. The maximum absolute atomic E-state index is 5.92. The highest BCUT2D eigenvalue weighted by Crippen LogP contribution is 2.33. The Kier molecular flexibility index (Phi) is 3.52. The molecule has 0 bridgehead atoms. The maximum atomic E-state index is 5.92. The van der Waals surface area contributed by atoms with E-state index >= 15 is 0 Å². The van der Waals surface area contributed by atoms with Crippen LogP contribution >= 0.6 is 15.9 Å². The van der Waals surface area contributed by atoms with Crippen molar-refractivity contribution < 1.29 is 4.74 Å². The summed E-state index contributed by atoms with van der Waals surface area (Å²) in [7, 11) is 0. The molecular weight excluding hydrogens is 290 g/mol. The number of benzene rings is 2. The quantitative estimate of drug-likeness (QED) is 0.933. The Morgan fingerprint density at radius 1 is 1.22 bits per heavy atom. The van der Waals surface area contributed by atoms with Crippen LogP contribution in [0.25, 0.3) is 10.8 Å². The lowest BCUT2D eigenvalue weighted by molar-refractivity contribution is 0.276. The van der Waals surface area contributed by atoms with Gasteiger partial charge in [-0.1, -0.05) is 30.3 Å². The fourth-order valence-electron chi connectivity index (χ4n) is 2.41. The second-order valence-electron chi connectivity index (χ2n) is 4.70. The van der Waals surface area contributed by atoms with Crippen LogP contribution in [0.5, 0.6) is 5.75 Å². The van der Waals surface area contributed by atoms with Gasteiger partial charge in [0.05, 0.1) is 4.47 Å². The van der Waals surface area contributed by atoms with Gasteiger partial charge in [0.15, 0.2) is 0 Å². The third kappa shape index (κ3) is 2.38. The first-order valence-electron chi connectivity index (χ1n) is 6.38. The molecule has 1 atom stereocenters. The van der Waals surface area contributed by atoms with E-state index in [0.717, 1.165) is 23.4 Å². The van der Waals surface area contributed by atoms with E-state index in [-0.39, 0.29) is 0 Å². The van der Waals surface area contributed by atoms with Crippen LogP contribution in [-0.4, -0.2) is 19.2 Å². The first kappa shape index (κ1) is 12.0. The van der Waals surface area contributed by atoms with Gasteiger partial charge >= 0.3 is 0 Å². The monoisotopic (exact) mass is 305 g/mol. The van der Waals surface area contributed by atoms with Crippen LogP contribution in [-0.2, 0) is 0 Å². The molecule has 1 fully saturated rings. The zero-order valence-electron chi connectivity index (χ0n) is 10.2. The van der Waals surface area contributed by atoms with Gasteiger partial charge in [-0.2, -0.15) is 0 Å². The van der Waals surface area contributed by atoms with Gasteiger partial charge in [-0.05, 0) is 52.2 Å². The number of hydrogen-bond donors (Lipinski definition) is 1. The Hall–Kier alpha value is -1.06. The van der Waals surface area contributed by atoms with Crippen LogP contribution in [0.2, 0.25) is 0 Å². The van der Waals surface area contributed by atoms with Crippen molar-refractivity contribution >= 4 is 26.7 Å². The molecule has 1 N–H and O–H groups in total. The average Bonchev–Trinajstić information content (AvgIpc) is 2.91. The van der Waals surface area contributed by atoms with Gasteiger partial charge < -0.3 is 10.1 Å². The summed E-state index contributed by atoms with van der Waals surface area (Å²) in [6.45, 7) is 1.86. The van der Waals surface area contributed by atoms with Gasteiger partial charge in [0.1, 0.15) is 12.4 Å². The third-order valence-corrected chi connectivity index (χ3v) is 4.25. The van der Waals surface area contributed by atoms with Crippen molar-refractivity contribution in [1.82, 2.24) is 5.32 Å². The molecule has 1 unspecified atom stereocenters. The van der Waals surface area contributed by atoms with Crippen molar-refractivity contribution in [2.24, 2.45) is 0 Å². The molecule has 2 aromatic rings. The van der Waals surface area contributed by atoms with E-state index in [1.807, 2.05) is 6.07 Å². The highest BCUT2D eigenvalue weighted by Gasteiger charge is 2.15. The number of halogens is 1. The Labute approximate surface area is 115 Å². The van der Waals surface area contributed by atoms with E-state index in [1.165, 1.54) is 23.6 Å². The number of nitrogens with one attached hydrogen (secondary N) is 1. The summed E-state index contributed by atoms with van der Waals surface area (Å²) < 4.78 is 6.97. The smallest absolute Gasteiger partial charge is 0.134 e. The van der Waals surface area contributed by atoms with Crippen LogP contribution in [0.15, 0.2) is 40.9 Å². The van der Waals surface area contributed by atoms with Crippen LogP contribution < -0.4 is 10.1 Å². The summed E-state index contributed by atoms with van der Waals surface area (Å²) in [6, 6.07) is 13.0. The van der Waals surface area contributed by atoms with Crippen LogP contribution in [0.1, 0.15) is 12.8 Å². The van der Waals surface area contributed by atoms with E-state index in [9.17, 15) is 0 Å². The van der Waals surface area contributed by atoms with Gasteiger partial charge in [-0.15, -0.1) is 0 Å². The molecule has 94 valence electrons. The summed E-state index contributed by atoms with van der Waals surface area (Å²) in [4.78, 5) is 0. The Morgan fingerprint density at radius 3 is 2.94 bits per heavy atom. The third-order valence-electron chi connectivity index (χ3n) is 3.43. The van der Waals surface area contributed by atoms with Crippen LogP contribution in [0.3, 0.4) is 0 Å². The molecular formula is C15H16BrNO. The first-order valence-corrected chi connectivity index (χ1v) is 7.17. The largest absolute Gasteiger partial charge is 0.491 e. The van der Waals surface area contributed by atoms with Crippen molar-refractivity contribution in [2.45, 2.75) is 18.9 Å². The van der Waals surface area contributed by atoms with Gasteiger partial charge in [0.2, 0.25) is 0 Å². The number of ether oxygens (including phenoxy) is 1. The predicted molar refractivity (Wildman–Crippen MR) is 78.2 cm³/mol. The zero-order valence-corrected chi connectivity index (χ0v) is 11.7. The lowest BCUT2D eigenvalue weighted by Gasteiger charge is -2.14. The van der Waals surface area contributed by atoms with E-state index in [1.54, 1.807) is 0 Å². The van der Waals surface area contributed by atoms with Crippen molar-refractivity contribution in [1.29, 1.82) is 0 Å². The molecule has 2 aromatic carbocycles. The summed E-state index contributed by atoms with van der Waals surface area (Å²) in [6.07, 6.45) is 2.47. The lowest BCUT2D eigenvalue weighted by Crippen LogP contribution is -2.28. The predicted octanol–water partition coefficient (Wildman–Crippen LogP) is 3.73. The van der Waals surface area contributed by atoms with Gasteiger partial charge in [0.25, 0.3) is 0 Å². The molecule has 3 heteroatoms. The molecule has 0 spiro atoms. The normalized spacial score (nSPS) is 19.3. The standard InChI is InChI=1S/C15H16BrNO/c16-15-13-6-2-1-4-11(13)7-8-14(15)18-10-12-5-3-9-17-12/h1-2,4,6-8,12,17H,3,5,9-10H2. The van der Waals surface area contributed by atoms with Gasteiger partial charge in [-0.25, -0.2) is 0 Å². The van der Waals surface area contributed by atoms with E-state index in [0.29, 0.717) is 6.04 Å². The minimum Gasteiger partial charge on any atom is -0.491 e. The van der Waals surface area contributed by atoms with Crippen molar-refractivity contribution in [3.63, 3.8) is 0 Å². The van der Waals surface area contributed by atoms with E-state index < -0.39 is 0 Å². The van der Waals surface area contributed by atoms with Crippen molar-refractivity contribution in [3.05, 3.63) is 40.9 Å². The first-order chi connectivity index (χ1) is 8.84. The second-order valence-corrected chi connectivity index (χ2v) is 5.50. The zero-order chi connectivity index (χ0) is 12.4. The van der Waals surface area contributed by atoms with E-state index in [2.05, 4.69) is 51.6 Å². The Balaban J connectivity index is 1.81. The molecule has 1 aliphatic rings. The van der Waals surface area contributed by atoms with E-state index in [4.69, 9.17) is 4.74 Å². The fraction of sp³-hybridized carbons (Fsp3) is 0.333. The molecule has 0 radical (unpaired) electrons. The van der Waals surface area contributed by atoms with Crippen LogP contribution in [0, 0.1) is 0 Å². The number of hydrogen-bond acceptors (Lipinski definition) is 2. The minimum atomic E-state index is 0.503. The Morgan fingerprint density at radius 2 is 2.11 bits per heavy atom. The van der Waals surface area contributed by atoms with Crippen LogP contribution in [0.4, 0.5) is 0 Å². The molecule has 1 aliphatic heterocycles. The highest BCUT2D eigenvalue weighted by atomic mass is 79.9. The summed E-state index contributed by atoms with van der Waals surface area (Å²) in [5.74, 6) is 0.933. The van der Waals surface area contributed by atoms with Gasteiger partial charge in [-0.3, -0.25) is 0 Å². The molecule has 1 heterocycles. The summed E-state index contributed by atoms with van der Waals surface area (Å²) in [5, 5.41) is 5.88. The molecule has 18 heavy (non-hydrogen) atoms. The lowest BCUT2D eigenvalue weighted by atomic mass is 10.1. The minimum absolute atomic E-state index is 0.503. The number of rotatable bonds is 3. The van der Waals surface area contributed by atoms with Gasteiger partial charge in [0, 0.05) is 6.04 Å². The molecule has 3 rings (SSSR count).